The molecule has 0 saturated heterocycles. The van der Waals surface area contributed by atoms with Crippen molar-refractivity contribution in [1.82, 2.24) is 0 Å². The normalized spacial score (nSPS) is 13.1. The number of sulfone groups is 1. The van der Waals surface area contributed by atoms with Gasteiger partial charge in [0.1, 0.15) is 9.84 Å². The van der Waals surface area contributed by atoms with Crippen LogP contribution in [0.1, 0.15) is 12.0 Å². The Morgan fingerprint density at radius 1 is 1.47 bits per heavy atom. The van der Waals surface area contributed by atoms with E-state index in [1.54, 1.807) is 6.07 Å². The van der Waals surface area contributed by atoms with Gasteiger partial charge in [-0.1, -0.05) is 15.9 Å². The average Bonchev–Trinajstić information content (AvgIpc) is 2.28. The number of carbonyl (C=O) groups excluding carboxylic acids is 1. The highest BCUT2D eigenvalue weighted by molar-refractivity contribution is 9.10. The zero-order valence-electron chi connectivity index (χ0n) is 10.8. The van der Waals surface area contributed by atoms with E-state index in [1.807, 2.05) is 19.1 Å². The molecule has 0 aliphatic rings. The first-order valence-corrected chi connectivity index (χ1v) is 8.55. The van der Waals surface area contributed by atoms with Gasteiger partial charge in [0.05, 0.1) is 11.8 Å². The van der Waals surface area contributed by atoms with Gasteiger partial charge in [-0.2, -0.15) is 0 Å². The van der Waals surface area contributed by atoms with Crippen LogP contribution in [0.5, 0.6) is 0 Å². The highest BCUT2D eigenvalue weighted by Gasteiger charge is 2.16. The summed E-state index contributed by atoms with van der Waals surface area (Å²) in [4.78, 5) is 11.8. The standard InChI is InChI=1S/C12H17BrN2O3S/c1-8-7-9(13)3-4-11(8)15-12(16)10(14)5-6-19(2,17)18/h3-4,7,10H,5-6,14H2,1-2H3,(H,15,16). The summed E-state index contributed by atoms with van der Waals surface area (Å²) in [6.07, 6.45) is 1.23. The van der Waals surface area contributed by atoms with Gasteiger partial charge >= 0.3 is 0 Å². The number of aryl methyl sites for hydroxylation is 1. The van der Waals surface area contributed by atoms with Crippen molar-refractivity contribution in [3.63, 3.8) is 0 Å². The van der Waals surface area contributed by atoms with E-state index < -0.39 is 15.9 Å². The Bertz CT molecular complexity index is 572. The fraction of sp³-hybridized carbons (Fsp3) is 0.417. The number of carbonyl (C=O) groups is 1. The van der Waals surface area contributed by atoms with E-state index in [1.165, 1.54) is 0 Å². The van der Waals surface area contributed by atoms with E-state index in [9.17, 15) is 13.2 Å². The van der Waals surface area contributed by atoms with Gasteiger partial charge in [-0.05, 0) is 37.1 Å². The molecule has 5 nitrogen and oxygen atoms in total. The van der Waals surface area contributed by atoms with E-state index in [-0.39, 0.29) is 18.1 Å². The predicted octanol–water partition coefficient (Wildman–Crippen LogP) is 1.46. The summed E-state index contributed by atoms with van der Waals surface area (Å²) in [5.41, 5.74) is 7.24. The summed E-state index contributed by atoms with van der Waals surface area (Å²) in [5, 5.41) is 2.69. The van der Waals surface area contributed by atoms with E-state index >= 15 is 0 Å². The molecule has 0 fully saturated rings. The summed E-state index contributed by atoms with van der Waals surface area (Å²) in [6.45, 7) is 1.86. The van der Waals surface area contributed by atoms with Crippen LogP contribution >= 0.6 is 15.9 Å². The van der Waals surface area contributed by atoms with Crippen LogP contribution in [0.4, 0.5) is 5.69 Å². The third-order valence-electron chi connectivity index (χ3n) is 2.58. The van der Waals surface area contributed by atoms with Crippen LogP contribution in [0, 0.1) is 6.92 Å². The summed E-state index contributed by atoms with van der Waals surface area (Å²) < 4.78 is 23.0. The Hall–Kier alpha value is -0.920. The largest absolute Gasteiger partial charge is 0.324 e. The van der Waals surface area contributed by atoms with Crippen LogP contribution in [-0.4, -0.2) is 32.4 Å². The zero-order valence-corrected chi connectivity index (χ0v) is 13.2. The molecule has 0 heterocycles. The number of amides is 1. The van der Waals surface area contributed by atoms with Gasteiger partial charge in [-0.25, -0.2) is 8.42 Å². The second-order valence-corrected chi connectivity index (χ2v) is 7.65. The number of rotatable bonds is 5. The van der Waals surface area contributed by atoms with Crippen LogP contribution in [0.2, 0.25) is 0 Å². The van der Waals surface area contributed by atoms with Gasteiger partial charge in [0.25, 0.3) is 0 Å². The molecule has 106 valence electrons. The lowest BCUT2D eigenvalue weighted by Gasteiger charge is -2.13. The number of nitrogens with two attached hydrogens (primary N) is 1. The van der Waals surface area contributed by atoms with Gasteiger partial charge in [0.2, 0.25) is 5.91 Å². The lowest BCUT2D eigenvalue weighted by Crippen LogP contribution is -2.37. The SMILES string of the molecule is Cc1cc(Br)ccc1NC(=O)C(N)CCS(C)(=O)=O. The number of anilines is 1. The molecule has 1 unspecified atom stereocenters. The van der Waals surface area contributed by atoms with Crippen molar-refractivity contribution < 1.29 is 13.2 Å². The number of halogens is 1. The Labute approximate surface area is 121 Å². The molecule has 0 aromatic heterocycles. The first kappa shape index (κ1) is 16.1. The summed E-state index contributed by atoms with van der Waals surface area (Å²) in [7, 11) is -3.11. The third-order valence-corrected chi connectivity index (χ3v) is 4.05. The topological polar surface area (TPSA) is 89.3 Å². The molecule has 0 bridgehead atoms. The highest BCUT2D eigenvalue weighted by Crippen LogP contribution is 2.20. The minimum absolute atomic E-state index is 0.0963. The maximum atomic E-state index is 11.8. The maximum absolute atomic E-state index is 11.8. The van der Waals surface area contributed by atoms with Crippen LogP contribution in [-0.2, 0) is 14.6 Å². The molecular weight excluding hydrogens is 332 g/mol. The van der Waals surface area contributed by atoms with Gasteiger partial charge in [-0.15, -0.1) is 0 Å². The molecule has 1 amide bonds. The Kier molecular flexibility index (Phi) is 5.51. The molecule has 0 saturated carbocycles. The molecule has 0 spiro atoms. The van der Waals surface area contributed by atoms with Crippen molar-refractivity contribution in [3.8, 4) is 0 Å². The molecule has 7 heteroatoms. The molecule has 1 aromatic rings. The average molecular weight is 349 g/mol. The number of hydrogen-bond acceptors (Lipinski definition) is 4. The Morgan fingerprint density at radius 3 is 2.63 bits per heavy atom. The number of nitrogens with one attached hydrogen (secondary N) is 1. The highest BCUT2D eigenvalue weighted by atomic mass is 79.9. The fourth-order valence-corrected chi connectivity index (χ4v) is 2.62. The molecule has 0 aliphatic carbocycles. The monoisotopic (exact) mass is 348 g/mol. The smallest absolute Gasteiger partial charge is 0.241 e. The van der Waals surface area contributed by atoms with E-state index in [0.717, 1.165) is 16.3 Å². The Morgan fingerprint density at radius 2 is 2.11 bits per heavy atom. The second-order valence-electron chi connectivity index (χ2n) is 4.47. The number of hydrogen-bond donors (Lipinski definition) is 2. The molecule has 1 atom stereocenters. The minimum Gasteiger partial charge on any atom is -0.324 e. The van der Waals surface area contributed by atoms with Crippen LogP contribution < -0.4 is 11.1 Å². The van der Waals surface area contributed by atoms with Gasteiger partial charge in [0.15, 0.2) is 0 Å². The fourth-order valence-electron chi connectivity index (χ4n) is 1.46. The van der Waals surface area contributed by atoms with Crippen molar-refractivity contribution in [2.75, 3.05) is 17.3 Å². The third kappa shape index (κ3) is 5.71. The maximum Gasteiger partial charge on any atom is 0.241 e. The van der Waals surface area contributed by atoms with Crippen molar-refractivity contribution in [2.45, 2.75) is 19.4 Å². The van der Waals surface area contributed by atoms with Gasteiger partial charge in [-0.3, -0.25) is 4.79 Å². The molecule has 19 heavy (non-hydrogen) atoms. The summed E-state index contributed by atoms with van der Waals surface area (Å²) in [6, 6.07) is 4.61. The summed E-state index contributed by atoms with van der Waals surface area (Å²) >= 11 is 3.33. The minimum atomic E-state index is -3.11. The summed E-state index contributed by atoms with van der Waals surface area (Å²) in [5.74, 6) is -0.477. The van der Waals surface area contributed by atoms with E-state index in [4.69, 9.17) is 5.73 Å². The van der Waals surface area contributed by atoms with Crippen LogP contribution in [0.15, 0.2) is 22.7 Å². The molecule has 0 aliphatic heterocycles. The first-order valence-electron chi connectivity index (χ1n) is 5.69. The predicted molar refractivity (Wildman–Crippen MR) is 79.8 cm³/mol. The molecule has 1 rings (SSSR count). The van der Waals surface area contributed by atoms with Crippen LogP contribution in [0.3, 0.4) is 0 Å². The lowest BCUT2D eigenvalue weighted by atomic mass is 10.1. The Balaban J connectivity index is 2.64. The van der Waals surface area contributed by atoms with Crippen molar-refractivity contribution >= 4 is 37.4 Å². The first-order chi connectivity index (χ1) is 8.69. The second kappa shape index (κ2) is 6.49. The van der Waals surface area contributed by atoms with Crippen LogP contribution in [0.25, 0.3) is 0 Å². The molecule has 1 aromatic carbocycles. The van der Waals surface area contributed by atoms with Crippen molar-refractivity contribution in [3.05, 3.63) is 28.2 Å². The number of benzene rings is 1. The molecule has 0 radical (unpaired) electrons. The van der Waals surface area contributed by atoms with Crippen molar-refractivity contribution in [2.24, 2.45) is 5.73 Å². The molecular formula is C12H17BrN2O3S. The quantitative estimate of drug-likeness (QED) is 0.842. The zero-order chi connectivity index (χ0) is 14.6. The van der Waals surface area contributed by atoms with E-state index in [2.05, 4.69) is 21.2 Å². The van der Waals surface area contributed by atoms with Gasteiger partial charge in [0, 0.05) is 16.4 Å². The van der Waals surface area contributed by atoms with E-state index in [0.29, 0.717) is 5.69 Å². The van der Waals surface area contributed by atoms with Gasteiger partial charge < -0.3 is 11.1 Å². The molecule has 3 N–H and O–H groups in total. The van der Waals surface area contributed by atoms with Crippen molar-refractivity contribution in [1.29, 1.82) is 0 Å². The lowest BCUT2D eigenvalue weighted by molar-refractivity contribution is -0.117.